The molecule has 1 aliphatic carbocycles. The number of carboxylic acids is 1. The maximum atomic E-state index is 12.9. The number of hydrogen-bond donors (Lipinski definition) is 2. The zero-order valence-corrected chi connectivity index (χ0v) is 13.8. The molecule has 2 N–H and O–H groups in total. The Kier molecular flexibility index (Phi) is 6.05. The van der Waals surface area contributed by atoms with Crippen LogP contribution < -0.4 is 5.32 Å². The number of benzene rings is 1. The van der Waals surface area contributed by atoms with E-state index >= 15 is 0 Å². The summed E-state index contributed by atoms with van der Waals surface area (Å²) in [5.41, 5.74) is -0.848. The van der Waals surface area contributed by atoms with Crippen LogP contribution >= 0.6 is 0 Å². The van der Waals surface area contributed by atoms with Gasteiger partial charge in [0.15, 0.2) is 0 Å². The number of carbonyl (C=O) groups is 2. The van der Waals surface area contributed by atoms with Gasteiger partial charge in [0.2, 0.25) is 5.91 Å². The fraction of sp³-hybridized carbons (Fsp3) is 0.529. The zero-order chi connectivity index (χ0) is 18.6. The number of alkyl halides is 3. The molecule has 1 saturated carbocycles. The summed E-state index contributed by atoms with van der Waals surface area (Å²) in [5.74, 6) is -1.36. The molecule has 0 bridgehead atoms. The van der Waals surface area contributed by atoms with E-state index in [0.29, 0.717) is 19.4 Å². The van der Waals surface area contributed by atoms with Crippen molar-refractivity contribution in [1.82, 2.24) is 10.2 Å². The molecule has 1 amide bonds. The van der Waals surface area contributed by atoms with E-state index in [1.54, 1.807) is 0 Å². The Labute approximate surface area is 143 Å². The quantitative estimate of drug-likeness (QED) is 0.785. The van der Waals surface area contributed by atoms with Gasteiger partial charge in [0.1, 0.15) is 0 Å². The van der Waals surface area contributed by atoms with Gasteiger partial charge in [-0.3, -0.25) is 14.5 Å². The number of carbonyl (C=O) groups excluding carboxylic acids is 1. The van der Waals surface area contributed by atoms with Crippen LogP contribution in [0.3, 0.4) is 0 Å². The van der Waals surface area contributed by atoms with Gasteiger partial charge in [0, 0.05) is 12.1 Å². The van der Waals surface area contributed by atoms with Crippen LogP contribution in [0.2, 0.25) is 0 Å². The van der Waals surface area contributed by atoms with E-state index in [0.717, 1.165) is 6.07 Å². The predicted molar refractivity (Wildman–Crippen MR) is 85.0 cm³/mol. The van der Waals surface area contributed by atoms with Gasteiger partial charge >= 0.3 is 12.1 Å². The summed E-state index contributed by atoms with van der Waals surface area (Å²) in [6.07, 6.45) is -3.61. The number of hydrogen-bond acceptors (Lipinski definition) is 3. The van der Waals surface area contributed by atoms with Crippen molar-refractivity contribution in [3.8, 4) is 0 Å². The second-order valence-corrected chi connectivity index (χ2v) is 6.18. The number of nitrogens with one attached hydrogen (secondary N) is 1. The van der Waals surface area contributed by atoms with Crippen molar-refractivity contribution < 1.29 is 27.9 Å². The number of likely N-dealkylation sites (N-methyl/N-ethyl adjacent to an activating group) is 1. The summed E-state index contributed by atoms with van der Waals surface area (Å²) in [6, 6.07) is 4.99. The van der Waals surface area contributed by atoms with Crippen LogP contribution in [0.25, 0.3) is 0 Å². The maximum Gasteiger partial charge on any atom is 0.416 e. The van der Waals surface area contributed by atoms with Crippen molar-refractivity contribution >= 4 is 11.9 Å². The summed E-state index contributed by atoms with van der Waals surface area (Å²) in [7, 11) is 0. The SMILES string of the molecule is CCN(CC(=O)O)C1CC(NC(=O)Cc2ccccc2C(F)(F)F)C1. The fourth-order valence-electron chi connectivity index (χ4n) is 3.08. The first-order valence-corrected chi connectivity index (χ1v) is 8.11. The second kappa shape index (κ2) is 7.86. The highest BCUT2D eigenvalue weighted by molar-refractivity contribution is 5.79. The first-order chi connectivity index (χ1) is 11.7. The smallest absolute Gasteiger partial charge is 0.416 e. The van der Waals surface area contributed by atoms with E-state index in [-0.39, 0.29) is 30.6 Å². The highest BCUT2D eigenvalue weighted by Gasteiger charge is 2.36. The highest BCUT2D eigenvalue weighted by atomic mass is 19.4. The molecule has 0 aliphatic heterocycles. The first-order valence-electron chi connectivity index (χ1n) is 8.11. The summed E-state index contributed by atoms with van der Waals surface area (Å²) in [6.45, 7) is 2.40. The molecule has 8 heteroatoms. The largest absolute Gasteiger partial charge is 0.480 e. The summed E-state index contributed by atoms with van der Waals surface area (Å²) in [4.78, 5) is 24.6. The second-order valence-electron chi connectivity index (χ2n) is 6.18. The lowest BCUT2D eigenvalue weighted by atomic mass is 9.85. The molecular formula is C17H21F3N2O3. The minimum Gasteiger partial charge on any atom is -0.480 e. The summed E-state index contributed by atoms with van der Waals surface area (Å²) in [5, 5.41) is 11.6. The lowest BCUT2D eigenvalue weighted by Crippen LogP contribution is -2.55. The minimum atomic E-state index is -4.49. The van der Waals surface area contributed by atoms with Gasteiger partial charge in [0.05, 0.1) is 18.5 Å². The van der Waals surface area contributed by atoms with Gasteiger partial charge in [-0.1, -0.05) is 25.1 Å². The molecule has 1 aromatic rings. The molecule has 0 radical (unpaired) electrons. The van der Waals surface area contributed by atoms with E-state index in [2.05, 4.69) is 5.32 Å². The van der Waals surface area contributed by atoms with Gasteiger partial charge in [-0.05, 0) is 31.0 Å². The van der Waals surface area contributed by atoms with Crippen LogP contribution in [0, 0.1) is 0 Å². The molecule has 1 fully saturated rings. The minimum absolute atomic E-state index is 0.0514. The number of carboxylic acid groups (broad SMARTS) is 1. The summed E-state index contributed by atoms with van der Waals surface area (Å²) < 4.78 is 38.8. The molecule has 25 heavy (non-hydrogen) atoms. The van der Waals surface area contributed by atoms with Crippen molar-refractivity contribution in [2.45, 2.75) is 44.4 Å². The van der Waals surface area contributed by atoms with Gasteiger partial charge in [-0.15, -0.1) is 0 Å². The third kappa shape index (κ3) is 5.19. The van der Waals surface area contributed by atoms with Crippen molar-refractivity contribution in [2.75, 3.05) is 13.1 Å². The molecule has 2 rings (SSSR count). The molecular weight excluding hydrogens is 337 g/mol. The third-order valence-electron chi connectivity index (χ3n) is 4.41. The summed E-state index contributed by atoms with van der Waals surface area (Å²) >= 11 is 0. The third-order valence-corrected chi connectivity index (χ3v) is 4.41. The van der Waals surface area contributed by atoms with Crippen molar-refractivity contribution in [3.05, 3.63) is 35.4 Å². The van der Waals surface area contributed by atoms with Crippen LogP contribution in [0.4, 0.5) is 13.2 Å². The standard InChI is InChI=1S/C17H21F3N2O3/c1-2-22(10-16(24)25)13-8-12(9-13)21-15(23)7-11-5-3-4-6-14(11)17(18,19)20/h3-6,12-13H,2,7-10H2,1H3,(H,21,23)(H,24,25). The van der Waals surface area contributed by atoms with Crippen molar-refractivity contribution in [3.63, 3.8) is 0 Å². The van der Waals surface area contributed by atoms with E-state index in [1.165, 1.54) is 18.2 Å². The van der Waals surface area contributed by atoms with Crippen LogP contribution in [0.15, 0.2) is 24.3 Å². The molecule has 1 aliphatic rings. The van der Waals surface area contributed by atoms with Gasteiger partial charge < -0.3 is 10.4 Å². The van der Waals surface area contributed by atoms with E-state index < -0.39 is 23.6 Å². The molecule has 0 aromatic heterocycles. The molecule has 0 unspecified atom stereocenters. The highest BCUT2D eigenvalue weighted by Crippen LogP contribution is 2.32. The maximum absolute atomic E-state index is 12.9. The van der Waals surface area contributed by atoms with Crippen molar-refractivity contribution in [2.24, 2.45) is 0 Å². The van der Waals surface area contributed by atoms with Gasteiger partial charge in [-0.2, -0.15) is 13.2 Å². The Hall–Kier alpha value is -2.09. The number of rotatable bonds is 7. The van der Waals surface area contributed by atoms with Crippen molar-refractivity contribution in [1.29, 1.82) is 0 Å². The average Bonchev–Trinajstić information content (AvgIpc) is 2.47. The molecule has 0 saturated heterocycles. The fourth-order valence-corrected chi connectivity index (χ4v) is 3.08. The Morgan fingerprint density at radius 2 is 1.92 bits per heavy atom. The van der Waals surface area contributed by atoms with E-state index in [4.69, 9.17) is 5.11 Å². The zero-order valence-electron chi connectivity index (χ0n) is 13.8. The molecule has 0 atom stereocenters. The Balaban J connectivity index is 1.86. The molecule has 138 valence electrons. The monoisotopic (exact) mass is 358 g/mol. The number of amides is 1. The predicted octanol–water partition coefficient (Wildman–Crippen LogP) is 2.30. The van der Waals surface area contributed by atoms with Gasteiger partial charge in [0.25, 0.3) is 0 Å². The number of nitrogens with zero attached hydrogens (tertiary/aromatic N) is 1. The van der Waals surface area contributed by atoms with Crippen LogP contribution in [0.1, 0.15) is 30.9 Å². The van der Waals surface area contributed by atoms with E-state index in [1.807, 2.05) is 11.8 Å². The number of halogens is 3. The van der Waals surface area contributed by atoms with Crippen LogP contribution in [0.5, 0.6) is 0 Å². The first kappa shape index (κ1) is 19.2. The van der Waals surface area contributed by atoms with Crippen LogP contribution in [-0.4, -0.2) is 47.1 Å². The van der Waals surface area contributed by atoms with E-state index in [9.17, 15) is 22.8 Å². The normalized spacial score (nSPS) is 20.2. The van der Waals surface area contributed by atoms with Crippen LogP contribution in [-0.2, 0) is 22.2 Å². The lowest BCUT2D eigenvalue weighted by Gasteiger charge is -2.42. The molecule has 0 spiro atoms. The lowest BCUT2D eigenvalue weighted by molar-refractivity contribution is -0.140. The average molecular weight is 358 g/mol. The number of aliphatic carboxylic acids is 1. The molecule has 0 heterocycles. The Morgan fingerprint density at radius 3 is 2.48 bits per heavy atom. The molecule has 5 nitrogen and oxygen atoms in total. The van der Waals surface area contributed by atoms with Gasteiger partial charge in [-0.25, -0.2) is 0 Å². The topological polar surface area (TPSA) is 69.6 Å². The Bertz CT molecular complexity index is 628. The molecule has 1 aromatic carbocycles. The Morgan fingerprint density at radius 1 is 1.28 bits per heavy atom.